The first kappa shape index (κ1) is 21.4. The molecule has 0 radical (unpaired) electrons. The second-order valence-electron chi connectivity index (χ2n) is 7.08. The summed E-state index contributed by atoms with van der Waals surface area (Å²) in [6.45, 7) is 5.67. The maximum atomic E-state index is 14.4. The van der Waals surface area contributed by atoms with Crippen LogP contribution in [0, 0.1) is 5.92 Å². The molecule has 0 aliphatic heterocycles. The molecule has 0 aliphatic rings. The molecule has 0 unspecified atom stereocenters. The molecular weight excluding hydrogens is 355 g/mol. The molecule has 2 aromatic carbocycles. The zero-order chi connectivity index (χ0) is 19.7. The molecule has 0 saturated heterocycles. The van der Waals surface area contributed by atoms with Gasteiger partial charge in [0.25, 0.3) is 0 Å². The van der Waals surface area contributed by atoms with Crippen molar-refractivity contribution in [1.29, 1.82) is 0 Å². The molecule has 0 aliphatic carbocycles. The van der Waals surface area contributed by atoms with E-state index in [0.717, 1.165) is 36.3 Å². The van der Waals surface area contributed by atoms with Crippen molar-refractivity contribution in [2.75, 3.05) is 6.16 Å². The van der Waals surface area contributed by atoms with Crippen molar-refractivity contribution >= 4 is 23.7 Å². The summed E-state index contributed by atoms with van der Waals surface area (Å²) in [5.74, 6) is -0.186. The Labute approximate surface area is 163 Å². The van der Waals surface area contributed by atoms with E-state index in [1.54, 1.807) is 0 Å². The number of carbonyl (C=O) groups is 1. The zero-order valence-electron chi connectivity index (χ0n) is 16.6. The van der Waals surface area contributed by atoms with E-state index >= 15 is 0 Å². The summed E-state index contributed by atoms with van der Waals surface area (Å²) in [5.41, 5.74) is 0. The highest BCUT2D eigenvalue weighted by Gasteiger charge is 2.34. The third kappa shape index (κ3) is 5.81. The Morgan fingerprint density at radius 2 is 1.37 bits per heavy atom. The minimum absolute atomic E-state index is 0.0742. The standard InChI is InChI=1S/C23H31O3P/c1-4-12-20(23(13-5-2)26-19(3)24)18-27(25,21-14-8-6-9-15-21)22-16-10-7-11-17-22/h6-11,14-17,20,23H,4-5,12-13,18H2,1-3H3/t20-,23-/m0/s1. The van der Waals surface area contributed by atoms with Gasteiger partial charge in [0.2, 0.25) is 0 Å². The lowest BCUT2D eigenvalue weighted by Crippen LogP contribution is -2.32. The van der Waals surface area contributed by atoms with Crippen molar-refractivity contribution in [1.82, 2.24) is 0 Å². The van der Waals surface area contributed by atoms with E-state index in [1.807, 2.05) is 60.7 Å². The summed E-state index contributed by atoms with van der Waals surface area (Å²) in [7, 11) is -2.82. The Bertz CT molecular complexity index is 699. The van der Waals surface area contributed by atoms with Gasteiger partial charge in [-0.25, -0.2) is 0 Å². The van der Waals surface area contributed by atoms with Gasteiger partial charge in [-0.3, -0.25) is 4.79 Å². The fourth-order valence-corrected chi connectivity index (χ4v) is 6.79. The largest absolute Gasteiger partial charge is 0.462 e. The summed E-state index contributed by atoms with van der Waals surface area (Å²) < 4.78 is 20.0. The molecule has 0 saturated carbocycles. The predicted octanol–water partition coefficient (Wildman–Crippen LogP) is 5.15. The molecular formula is C23H31O3P. The average Bonchev–Trinajstić information content (AvgIpc) is 2.68. The van der Waals surface area contributed by atoms with E-state index in [-0.39, 0.29) is 18.0 Å². The zero-order valence-corrected chi connectivity index (χ0v) is 17.5. The highest BCUT2D eigenvalue weighted by Crippen LogP contribution is 2.47. The van der Waals surface area contributed by atoms with Crippen LogP contribution in [0.1, 0.15) is 46.5 Å². The van der Waals surface area contributed by atoms with Crippen LogP contribution in [0.2, 0.25) is 0 Å². The highest BCUT2D eigenvalue weighted by molar-refractivity contribution is 7.78. The summed E-state index contributed by atoms with van der Waals surface area (Å²) in [4.78, 5) is 11.7. The van der Waals surface area contributed by atoms with Crippen LogP contribution < -0.4 is 10.6 Å². The van der Waals surface area contributed by atoms with Crippen molar-refractivity contribution in [3.63, 3.8) is 0 Å². The van der Waals surface area contributed by atoms with E-state index in [1.165, 1.54) is 6.92 Å². The maximum Gasteiger partial charge on any atom is 0.302 e. The summed E-state index contributed by atoms with van der Waals surface area (Å²) in [5, 5.41) is 1.74. The molecule has 3 nitrogen and oxygen atoms in total. The van der Waals surface area contributed by atoms with Crippen molar-refractivity contribution in [3.05, 3.63) is 60.7 Å². The molecule has 4 heteroatoms. The molecule has 0 heterocycles. The van der Waals surface area contributed by atoms with Crippen LogP contribution in [0.4, 0.5) is 0 Å². The number of ether oxygens (including phenoxy) is 1. The van der Waals surface area contributed by atoms with Gasteiger partial charge in [-0.2, -0.15) is 0 Å². The first-order valence-electron chi connectivity index (χ1n) is 9.88. The van der Waals surface area contributed by atoms with Crippen LogP contribution in [-0.2, 0) is 14.1 Å². The van der Waals surface area contributed by atoms with E-state index in [9.17, 15) is 9.36 Å². The SMILES string of the molecule is CCC[C@@H](CP(=O)(c1ccccc1)c1ccccc1)[C@H](CCC)OC(C)=O. The molecule has 27 heavy (non-hydrogen) atoms. The van der Waals surface area contributed by atoms with Gasteiger partial charge in [-0.15, -0.1) is 0 Å². The molecule has 0 bridgehead atoms. The van der Waals surface area contributed by atoms with E-state index < -0.39 is 7.14 Å². The normalized spacial score (nSPS) is 13.7. The third-order valence-electron chi connectivity index (χ3n) is 4.91. The van der Waals surface area contributed by atoms with Crippen LogP contribution in [0.5, 0.6) is 0 Å². The van der Waals surface area contributed by atoms with Gasteiger partial charge in [0, 0.05) is 29.6 Å². The van der Waals surface area contributed by atoms with Crippen molar-refractivity contribution in [2.24, 2.45) is 5.92 Å². The molecule has 146 valence electrons. The lowest BCUT2D eigenvalue weighted by molar-refractivity contribution is -0.149. The topological polar surface area (TPSA) is 43.4 Å². The van der Waals surface area contributed by atoms with Gasteiger partial charge in [0.15, 0.2) is 0 Å². The number of hydrogen-bond acceptors (Lipinski definition) is 3. The van der Waals surface area contributed by atoms with Gasteiger partial charge in [-0.05, 0) is 12.8 Å². The first-order valence-corrected chi connectivity index (χ1v) is 11.8. The minimum atomic E-state index is -2.82. The molecule has 0 spiro atoms. The fraction of sp³-hybridized carbons (Fsp3) is 0.435. The van der Waals surface area contributed by atoms with E-state index in [4.69, 9.17) is 4.74 Å². The number of benzene rings is 2. The molecule has 2 rings (SSSR count). The Morgan fingerprint density at radius 3 is 1.78 bits per heavy atom. The molecule has 0 N–H and O–H groups in total. The summed E-state index contributed by atoms with van der Waals surface area (Å²) in [6, 6.07) is 19.5. The van der Waals surface area contributed by atoms with Crippen LogP contribution in [0.25, 0.3) is 0 Å². The number of carbonyl (C=O) groups excluding carboxylic acids is 1. The minimum Gasteiger partial charge on any atom is -0.462 e. The van der Waals surface area contributed by atoms with Crippen molar-refractivity contribution in [3.8, 4) is 0 Å². The molecule has 0 aromatic heterocycles. The monoisotopic (exact) mass is 386 g/mol. The van der Waals surface area contributed by atoms with Gasteiger partial charge < -0.3 is 9.30 Å². The first-order chi connectivity index (χ1) is 13.0. The Hall–Kier alpha value is -1.86. The highest BCUT2D eigenvalue weighted by atomic mass is 31.2. The molecule has 0 fully saturated rings. The quantitative estimate of drug-likeness (QED) is 0.419. The smallest absolute Gasteiger partial charge is 0.302 e. The van der Waals surface area contributed by atoms with E-state index in [2.05, 4.69) is 13.8 Å². The van der Waals surface area contributed by atoms with Crippen LogP contribution in [0.15, 0.2) is 60.7 Å². The third-order valence-corrected chi connectivity index (χ3v) is 8.16. The number of esters is 1. The van der Waals surface area contributed by atoms with Crippen molar-refractivity contribution < 1.29 is 14.1 Å². The fourth-order valence-electron chi connectivity index (χ4n) is 3.68. The maximum absolute atomic E-state index is 14.4. The number of rotatable bonds is 10. The molecule has 2 atom stereocenters. The second-order valence-corrected chi connectivity index (χ2v) is 9.96. The predicted molar refractivity (Wildman–Crippen MR) is 113 cm³/mol. The Balaban J connectivity index is 2.44. The number of hydrogen-bond donors (Lipinski definition) is 0. The van der Waals surface area contributed by atoms with Crippen LogP contribution in [0.3, 0.4) is 0 Å². The summed E-state index contributed by atoms with van der Waals surface area (Å²) in [6.07, 6.45) is 3.92. The van der Waals surface area contributed by atoms with Crippen LogP contribution >= 0.6 is 7.14 Å². The van der Waals surface area contributed by atoms with Gasteiger partial charge in [-0.1, -0.05) is 87.4 Å². The molecule has 0 amide bonds. The lowest BCUT2D eigenvalue weighted by Gasteiger charge is -2.30. The van der Waals surface area contributed by atoms with Gasteiger partial charge in [0.1, 0.15) is 13.2 Å². The Kier molecular flexibility index (Phi) is 8.31. The molecule has 2 aromatic rings. The second kappa shape index (κ2) is 10.5. The van der Waals surface area contributed by atoms with Crippen LogP contribution in [-0.4, -0.2) is 18.2 Å². The average molecular weight is 386 g/mol. The summed E-state index contributed by atoms with van der Waals surface area (Å²) >= 11 is 0. The van der Waals surface area contributed by atoms with Gasteiger partial charge in [0.05, 0.1) is 0 Å². The van der Waals surface area contributed by atoms with Gasteiger partial charge >= 0.3 is 5.97 Å². The Morgan fingerprint density at radius 1 is 0.889 bits per heavy atom. The lowest BCUT2D eigenvalue weighted by atomic mass is 9.95. The van der Waals surface area contributed by atoms with Crippen molar-refractivity contribution in [2.45, 2.75) is 52.6 Å². The van der Waals surface area contributed by atoms with E-state index in [0.29, 0.717) is 6.16 Å².